The van der Waals surface area contributed by atoms with Crippen molar-refractivity contribution in [1.29, 1.82) is 0 Å². The molecular weight excluding hydrogens is 412 g/mol. The number of aromatic nitrogens is 3. The van der Waals surface area contributed by atoms with E-state index in [1.165, 1.54) is 38.6 Å². The third kappa shape index (κ3) is 5.41. The standard InChI is InChI=1S/C19H18N4O6S/c1-27-15-11-16(28-2)22-19(21-15)29-14-9-6-10-20-17(14)18(24)23-30(25,26)12-13-7-4-3-5-8-13/h3-11H,12H2,1-2H3,(H,23,24). The first-order valence-electron chi connectivity index (χ1n) is 8.59. The number of hydrogen-bond donors (Lipinski definition) is 1. The van der Waals surface area contributed by atoms with Crippen LogP contribution in [0.2, 0.25) is 0 Å². The zero-order valence-corrected chi connectivity index (χ0v) is 16.9. The maximum Gasteiger partial charge on any atom is 0.328 e. The van der Waals surface area contributed by atoms with Crippen LogP contribution in [0.3, 0.4) is 0 Å². The number of pyridine rings is 1. The Labute approximate surface area is 172 Å². The molecule has 0 aliphatic heterocycles. The molecule has 0 fully saturated rings. The van der Waals surface area contributed by atoms with E-state index in [4.69, 9.17) is 14.2 Å². The lowest BCUT2D eigenvalue weighted by Crippen LogP contribution is -2.32. The Bertz CT molecular complexity index is 1120. The van der Waals surface area contributed by atoms with Crippen molar-refractivity contribution in [2.24, 2.45) is 0 Å². The third-order valence-corrected chi connectivity index (χ3v) is 4.92. The van der Waals surface area contributed by atoms with E-state index in [1.54, 1.807) is 30.3 Å². The van der Waals surface area contributed by atoms with Gasteiger partial charge in [0.1, 0.15) is 0 Å². The number of hydrogen-bond acceptors (Lipinski definition) is 9. The van der Waals surface area contributed by atoms with Gasteiger partial charge in [-0.2, -0.15) is 9.97 Å². The summed E-state index contributed by atoms with van der Waals surface area (Å²) in [6, 6.07) is 12.7. The van der Waals surface area contributed by atoms with Crippen molar-refractivity contribution in [3.63, 3.8) is 0 Å². The van der Waals surface area contributed by atoms with Crippen molar-refractivity contribution in [2.45, 2.75) is 5.75 Å². The monoisotopic (exact) mass is 430 g/mol. The Morgan fingerprint density at radius 3 is 2.30 bits per heavy atom. The quantitative estimate of drug-likeness (QED) is 0.570. The smallest absolute Gasteiger partial charge is 0.328 e. The van der Waals surface area contributed by atoms with Gasteiger partial charge in [-0.15, -0.1) is 0 Å². The van der Waals surface area contributed by atoms with Crippen LogP contribution in [0.25, 0.3) is 0 Å². The molecule has 0 saturated carbocycles. The van der Waals surface area contributed by atoms with Crippen molar-refractivity contribution < 1.29 is 27.4 Å². The summed E-state index contributed by atoms with van der Waals surface area (Å²) in [6.07, 6.45) is 1.33. The van der Waals surface area contributed by atoms with E-state index in [0.717, 1.165) is 0 Å². The molecule has 0 spiro atoms. The minimum Gasteiger partial charge on any atom is -0.481 e. The zero-order chi connectivity index (χ0) is 21.6. The lowest BCUT2D eigenvalue weighted by Gasteiger charge is -2.11. The van der Waals surface area contributed by atoms with E-state index in [0.29, 0.717) is 5.56 Å². The van der Waals surface area contributed by atoms with Crippen LogP contribution in [0, 0.1) is 0 Å². The molecule has 1 amide bonds. The highest BCUT2D eigenvalue weighted by Gasteiger charge is 2.22. The second kappa shape index (κ2) is 9.18. The van der Waals surface area contributed by atoms with Gasteiger partial charge in [0.2, 0.25) is 21.8 Å². The van der Waals surface area contributed by atoms with Gasteiger partial charge >= 0.3 is 6.01 Å². The van der Waals surface area contributed by atoms with Crippen LogP contribution in [0.4, 0.5) is 0 Å². The lowest BCUT2D eigenvalue weighted by atomic mass is 10.2. The number of methoxy groups -OCH3 is 2. The van der Waals surface area contributed by atoms with Gasteiger partial charge in [-0.3, -0.25) is 4.79 Å². The van der Waals surface area contributed by atoms with Crippen molar-refractivity contribution in [3.8, 4) is 23.5 Å². The highest BCUT2D eigenvalue weighted by molar-refractivity contribution is 7.89. The van der Waals surface area contributed by atoms with Crippen LogP contribution in [-0.2, 0) is 15.8 Å². The summed E-state index contributed by atoms with van der Waals surface area (Å²) in [5.41, 5.74) is 0.284. The second-order valence-corrected chi connectivity index (χ2v) is 7.59. The minimum absolute atomic E-state index is 0.0415. The number of rotatable bonds is 8. The predicted molar refractivity (Wildman–Crippen MR) is 106 cm³/mol. The summed E-state index contributed by atoms with van der Waals surface area (Å²) in [5, 5.41) is 0. The van der Waals surface area contributed by atoms with Gasteiger partial charge in [0.15, 0.2) is 11.4 Å². The molecule has 10 nitrogen and oxygen atoms in total. The number of sulfonamides is 1. The van der Waals surface area contributed by atoms with Gasteiger partial charge < -0.3 is 14.2 Å². The number of ether oxygens (including phenoxy) is 3. The van der Waals surface area contributed by atoms with E-state index in [-0.39, 0.29) is 35.0 Å². The first-order valence-corrected chi connectivity index (χ1v) is 10.2. The van der Waals surface area contributed by atoms with Crippen molar-refractivity contribution in [1.82, 2.24) is 19.7 Å². The molecule has 0 unspecified atom stereocenters. The van der Waals surface area contributed by atoms with Gasteiger partial charge in [0.05, 0.1) is 26.0 Å². The summed E-state index contributed by atoms with van der Waals surface area (Å²) >= 11 is 0. The van der Waals surface area contributed by atoms with Crippen LogP contribution in [-0.4, -0.2) is 43.5 Å². The largest absolute Gasteiger partial charge is 0.481 e. The molecule has 3 aromatic rings. The molecule has 0 aliphatic carbocycles. The number of nitrogens with zero attached hydrogens (tertiary/aromatic N) is 3. The van der Waals surface area contributed by atoms with E-state index in [2.05, 4.69) is 15.0 Å². The van der Waals surface area contributed by atoms with Crippen molar-refractivity contribution in [2.75, 3.05) is 14.2 Å². The molecule has 2 aromatic heterocycles. The summed E-state index contributed by atoms with van der Waals surface area (Å²) in [7, 11) is -1.14. The van der Waals surface area contributed by atoms with Gasteiger partial charge in [-0.1, -0.05) is 30.3 Å². The van der Waals surface area contributed by atoms with Gasteiger partial charge in [0, 0.05) is 6.20 Å². The Morgan fingerprint density at radius 2 is 1.67 bits per heavy atom. The predicted octanol–water partition coefficient (Wildman–Crippen LogP) is 1.94. The maximum absolute atomic E-state index is 12.6. The normalized spacial score (nSPS) is 10.9. The lowest BCUT2D eigenvalue weighted by molar-refractivity contribution is 0.0974. The Balaban J connectivity index is 1.82. The Kier molecular flexibility index (Phi) is 6.42. The Morgan fingerprint density at radius 1 is 1.00 bits per heavy atom. The topological polar surface area (TPSA) is 130 Å². The minimum atomic E-state index is -3.96. The number of carbonyl (C=O) groups excluding carboxylic acids is 1. The van der Waals surface area contributed by atoms with E-state index >= 15 is 0 Å². The molecule has 0 bridgehead atoms. The van der Waals surface area contributed by atoms with Crippen molar-refractivity contribution >= 4 is 15.9 Å². The first-order chi connectivity index (χ1) is 14.4. The molecule has 11 heteroatoms. The van der Waals surface area contributed by atoms with Gasteiger partial charge in [-0.25, -0.2) is 18.1 Å². The van der Waals surface area contributed by atoms with Crippen molar-refractivity contribution in [3.05, 3.63) is 66.0 Å². The molecule has 1 N–H and O–H groups in total. The zero-order valence-electron chi connectivity index (χ0n) is 16.1. The molecule has 0 atom stereocenters. The maximum atomic E-state index is 12.6. The number of benzene rings is 1. The Hall–Kier alpha value is -3.73. The van der Waals surface area contributed by atoms with Crippen LogP contribution in [0.15, 0.2) is 54.7 Å². The summed E-state index contributed by atoms with van der Waals surface area (Å²) in [5.74, 6) is -0.996. The molecule has 0 saturated heterocycles. The van der Waals surface area contributed by atoms with Crippen LogP contribution in [0.1, 0.15) is 16.1 Å². The fourth-order valence-electron chi connectivity index (χ4n) is 2.40. The van der Waals surface area contributed by atoms with E-state index < -0.39 is 15.9 Å². The average Bonchev–Trinajstić information content (AvgIpc) is 2.73. The number of amides is 1. The highest BCUT2D eigenvalue weighted by atomic mass is 32.2. The van der Waals surface area contributed by atoms with Gasteiger partial charge in [-0.05, 0) is 17.7 Å². The third-order valence-electron chi connectivity index (χ3n) is 3.71. The molecule has 1 aromatic carbocycles. The first kappa shape index (κ1) is 21.0. The van der Waals surface area contributed by atoms with Crippen LogP contribution < -0.4 is 18.9 Å². The fourth-order valence-corrected chi connectivity index (χ4v) is 3.48. The molecule has 0 aliphatic rings. The average molecular weight is 430 g/mol. The molecule has 3 rings (SSSR count). The van der Waals surface area contributed by atoms with Crippen LogP contribution in [0.5, 0.6) is 23.5 Å². The number of carbonyl (C=O) groups is 1. The second-order valence-electron chi connectivity index (χ2n) is 5.86. The summed E-state index contributed by atoms with van der Waals surface area (Å²) < 4.78 is 42.4. The fraction of sp³-hybridized carbons (Fsp3) is 0.158. The van der Waals surface area contributed by atoms with Gasteiger partial charge in [0.25, 0.3) is 5.91 Å². The summed E-state index contributed by atoms with van der Waals surface area (Å²) in [4.78, 5) is 24.5. The van der Waals surface area contributed by atoms with Crippen LogP contribution >= 0.6 is 0 Å². The van der Waals surface area contributed by atoms with E-state index in [1.807, 2.05) is 4.72 Å². The van der Waals surface area contributed by atoms with E-state index in [9.17, 15) is 13.2 Å². The molecule has 2 heterocycles. The summed E-state index contributed by atoms with van der Waals surface area (Å²) in [6.45, 7) is 0. The SMILES string of the molecule is COc1cc(OC)nc(Oc2cccnc2C(=O)NS(=O)(=O)Cc2ccccc2)n1. The number of nitrogens with one attached hydrogen (secondary N) is 1. The molecule has 30 heavy (non-hydrogen) atoms. The highest BCUT2D eigenvalue weighted by Crippen LogP contribution is 2.25. The molecule has 0 radical (unpaired) electrons. The molecular formula is C19H18N4O6S. The molecule has 156 valence electrons.